The van der Waals surface area contributed by atoms with Gasteiger partial charge in [0.05, 0.1) is 24.0 Å². The lowest BCUT2D eigenvalue weighted by Gasteiger charge is -2.12. The number of nitrogens with one attached hydrogen (secondary N) is 2. The summed E-state index contributed by atoms with van der Waals surface area (Å²) in [7, 11) is 1.31. The SMILES string of the molecule is COc1ccc(C(=O)Nc2cc(O)ccc2F)cc1C(=O)Nc1cc(O)ccc1F. The zero-order valence-corrected chi connectivity index (χ0v) is 15.6. The fourth-order valence-corrected chi connectivity index (χ4v) is 2.63. The van der Waals surface area contributed by atoms with Crippen LogP contribution >= 0.6 is 0 Å². The fourth-order valence-electron chi connectivity index (χ4n) is 2.63. The summed E-state index contributed by atoms with van der Waals surface area (Å²) in [4.78, 5) is 25.1. The van der Waals surface area contributed by atoms with Crippen molar-refractivity contribution < 1.29 is 33.3 Å². The number of carbonyl (C=O) groups excluding carboxylic acids is 2. The van der Waals surface area contributed by atoms with Gasteiger partial charge in [-0.25, -0.2) is 8.78 Å². The molecule has 0 heterocycles. The van der Waals surface area contributed by atoms with E-state index in [0.29, 0.717) is 0 Å². The number of benzene rings is 3. The summed E-state index contributed by atoms with van der Waals surface area (Å²) in [5.41, 5.74) is -0.619. The fraction of sp³-hybridized carbons (Fsp3) is 0.0476. The van der Waals surface area contributed by atoms with E-state index in [0.717, 1.165) is 36.4 Å². The van der Waals surface area contributed by atoms with E-state index in [-0.39, 0.29) is 39.8 Å². The van der Waals surface area contributed by atoms with Crippen LogP contribution in [0.2, 0.25) is 0 Å². The molecule has 0 aromatic heterocycles. The molecule has 0 radical (unpaired) electrons. The van der Waals surface area contributed by atoms with Gasteiger partial charge in [0, 0.05) is 17.7 Å². The van der Waals surface area contributed by atoms with Crippen LogP contribution in [0.4, 0.5) is 20.2 Å². The van der Waals surface area contributed by atoms with Gasteiger partial charge in [0.2, 0.25) is 0 Å². The van der Waals surface area contributed by atoms with E-state index in [4.69, 9.17) is 4.74 Å². The molecule has 0 atom stereocenters. The predicted molar refractivity (Wildman–Crippen MR) is 105 cm³/mol. The molecule has 0 unspecified atom stereocenters. The first-order chi connectivity index (χ1) is 14.3. The number of hydrogen-bond acceptors (Lipinski definition) is 5. The molecule has 3 rings (SSSR count). The Hall–Kier alpha value is -4.14. The number of phenols is 2. The summed E-state index contributed by atoms with van der Waals surface area (Å²) in [5.74, 6) is -3.46. The standard InChI is InChI=1S/C21H16F2N2O5/c1-30-19-7-2-11(20(28)24-17-9-12(26)3-5-15(17)22)8-14(19)21(29)25-18-10-13(27)4-6-16(18)23/h2-10,26-27H,1H3,(H,24,28)(H,25,29). The Kier molecular flexibility index (Phi) is 5.82. The van der Waals surface area contributed by atoms with Gasteiger partial charge in [-0.2, -0.15) is 0 Å². The van der Waals surface area contributed by atoms with E-state index in [1.807, 2.05) is 0 Å². The van der Waals surface area contributed by atoms with Crippen LogP contribution in [0.3, 0.4) is 0 Å². The molecule has 0 aliphatic rings. The number of hydrogen-bond donors (Lipinski definition) is 4. The van der Waals surface area contributed by atoms with Gasteiger partial charge in [-0.3, -0.25) is 9.59 Å². The molecule has 154 valence electrons. The number of aromatic hydroxyl groups is 2. The highest BCUT2D eigenvalue weighted by molar-refractivity contribution is 6.10. The summed E-state index contributed by atoms with van der Waals surface area (Å²) in [5, 5.41) is 23.5. The summed E-state index contributed by atoms with van der Waals surface area (Å²) >= 11 is 0. The molecular formula is C21H16F2N2O5. The van der Waals surface area contributed by atoms with Crippen molar-refractivity contribution >= 4 is 23.2 Å². The van der Waals surface area contributed by atoms with E-state index in [2.05, 4.69) is 10.6 Å². The van der Waals surface area contributed by atoms with Crippen molar-refractivity contribution in [2.24, 2.45) is 0 Å². The predicted octanol–water partition coefficient (Wildman–Crippen LogP) is 3.89. The first kappa shape index (κ1) is 20.6. The zero-order chi connectivity index (χ0) is 21.8. The first-order valence-corrected chi connectivity index (χ1v) is 8.56. The molecule has 2 amide bonds. The van der Waals surface area contributed by atoms with Crippen molar-refractivity contribution in [3.05, 3.63) is 77.4 Å². The minimum Gasteiger partial charge on any atom is -0.508 e. The number of phenolic OH excluding ortho intramolecular Hbond substituents is 2. The van der Waals surface area contributed by atoms with Gasteiger partial charge in [-0.15, -0.1) is 0 Å². The van der Waals surface area contributed by atoms with Gasteiger partial charge in [0.15, 0.2) is 0 Å². The van der Waals surface area contributed by atoms with Crippen LogP contribution < -0.4 is 15.4 Å². The Bertz CT molecular complexity index is 1130. The monoisotopic (exact) mass is 414 g/mol. The van der Waals surface area contributed by atoms with Crippen molar-refractivity contribution in [2.75, 3.05) is 17.7 Å². The molecule has 0 bridgehead atoms. The Balaban J connectivity index is 1.89. The molecule has 7 nitrogen and oxygen atoms in total. The van der Waals surface area contributed by atoms with E-state index >= 15 is 0 Å². The highest BCUT2D eigenvalue weighted by Gasteiger charge is 2.18. The molecule has 4 N–H and O–H groups in total. The number of ether oxygens (including phenoxy) is 1. The average molecular weight is 414 g/mol. The van der Waals surface area contributed by atoms with Gasteiger partial charge >= 0.3 is 0 Å². The number of amides is 2. The van der Waals surface area contributed by atoms with Crippen LogP contribution in [0.5, 0.6) is 17.2 Å². The minimum atomic E-state index is -0.797. The molecule has 3 aromatic rings. The van der Waals surface area contributed by atoms with E-state index < -0.39 is 23.4 Å². The maximum atomic E-state index is 13.9. The molecule has 0 saturated carbocycles. The lowest BCUT2D eigenvalue weighted by molar-refractivity contribution is 0.102. The maximum absolute atomic E-state index is 13.9. The zero-order valence-electron chi connectivity index (χ0n) is 15.6. The second-order valence-electron chi connectivity index (χ2n) is 6.15. The van der Waals surface area contributed by atoms with Crippen molar-refractivity contribution in [3.63, 3.8) is 0 Å². The van der Waals surface area contributed by atoms with E-state index in [9.17, 15) is 28.6 Å². The van der Waals surface area contributed by atoms with Crippen LogP contribution in [0, 0.1) is 11.6 Å². The number of rotatable bonds is 5. The second-order valence-corrected chi connectivity index (χ2v) is 6.15. The lowest BCUT2D eigenvalue weighted by atomic mass is 10.1. The van der Waals surface area contributed by atoms with Crippen LogP contribution in [-0.2, 0) is 0 Å². The number of methoxy groups -OCH3 is 1. The summed E-state index contributed by atoms with van der Waals surface area (Å²) in [6.07, 6.45) is 0. The quantitative estimate of drug-likeness (QED) is 0.507. The second kappa shape index (κ2) is 8.48. The largest absolute Gasteiger partial charge is 0.508 e. The van der Waals surface area contributed by atoms with Gasteiger partial charge in [-0.1, -0.05) is 0 Å². The molecule has 0 aliphatic carbocycles. The molecular weight excluding hydrogens is 398 g/mol. The summed E-state index contributed by atoms with van der Waals surface area (Å²) < 4.78 is 32.8. The molecule has 9 heteroatoms. The highest BCUT2D eigenvalue weighted by Crippen LogP contribution is 2.26. The third-order valence-corrected chi connectivity index (χ3v) is 4.10. The average Bonchev–Trinajstić information content (AvgIpc) is 2.72. The van der Waals surface area contributed by atoms with Crippen LogP contribution in [0.1, 0.15) is 20.7 Å². The normalized spacial score (nSPS) is 10.4. The van der Waals surface area contributed by atoms with Crippen LogP contribution in [-0.4, -0.2) is 29.1 Å². The minimum absolute atomic E-state index is 0.0138. The number of halogens is 2. The van der Waals surface area contributed by atoms with Gasteiger partial charge in [0.25, 0.3) is 11.8 Å². The molecule has 0 spiro atoms. The number of anilines is 2. The Morgan fingerprint density at radius 2 is 1.33 bits per heavy atom. The smallest absolute Gasteiger partial charge is 0.259 e. The van der Waals surface area contributed by atoms with Crippen LogP contribution in [0.25, 0.3) is 0 Å². The molecule has 30 heavy (non-hydrogen) atoms. The van der Waals surface area contributed by atoms with Gasteiger partial charge in [-0.05, 0) is 42.5 Å². The van der Waals surface area contributed by atoms with Gasteiger partial charge in [0.1, 0.15) is 28.9 Å². The summed E-state index contributed by atoms with van der Waals surface area (Å²) in [6, 6.07) is 10.2. The van der Waals surface area contributed by atoms with Crippen molar-refractivity contribution in [1.29, 1.82) is 0 Å². The van der Waals surface area contributed by atoms with Crippen LogP contribution in [0.15, 0.2) is 54.6 Å². The Morgan fingerprint density at radius 3 is 1.87 bits per heavy atom. The van der Waals surface area contributed by atoms with E-state index in [1.165, 1.54) is 25.3 Å². The lowest BCUT2D eigenvalue weighted by Crippen LogP contribution is -2.17. The molecule has 0 saturated heterocycles. The first-order valence-electron chi connectivity index (χ1n) is 8.56. The third kappa shape index (κ3) is 4.46. The molecule has 3 aromatic carbocycles. The maximum Gasteiger partial charge on any atom is 0.259 e. The molecule has 0 fully saturated rings. The van der Waals surface area contributed by atoms with E-state index in [1.54, 1.807) is 0 Å². The molecule has 0 aliphatic heterocycles. The van der Waals surface area contributed by atoms with Crippen molar-refractivity contribution in [3.8, 4) is 17.2 Å². The Labute approximate surface area is 169 Å². The topological polar surface area (TPSA) is 108 Å². The Morgan fingerprint density at radius 1 is 0.800 bits per heavy atom. The van der Waals surface area contributed by atoms with Crippen molar-refractivity contribution in [2.45, 2.75) is 0 Å². The highest BCUT2D eigenvalue weighted by atomic mass is 19.1. The summed E-state index contributed by atoms with van der Waals surface area (Å²) in [6.45, 7) is 0. The third-order valence-electron chi connectivity index (χ3n) is 4.10. The van der Waals surface area contributed by atoms with Crippen molar-refractivity contribution in [1.82, 2.24) is 0 Å². The van der Waals surface area contributed by atoms with Gasteiger partial charge < -0.3 is 25.6 Å². The number of carbonyl (C=O) groups is 2.